The number of hydrogen-bond donors (Lipinski definition) is 2. The van der Waals surface area contributed by atoms with Crippen molar-refractivity contribution in [2.45, 2.75) is 12.0 Å². The van der Waals surface area contributed by atoms with Gasteiger partial charge >= 0.3 is 6.03 Å². The van der Waals surface area contributed by atoms with Gasteiger partial charge in [0.05, 0.1) is 6.54 Å². The van der Waals surface area contributed by atoms with E-state index >= 15 is 0 Å². The van der Waals surface area contributed by atoms with Gasteiger partial charge in [-0.15, -0.1) is 0 Å². The standard InChI is InChI=1S/C13H12BrN3O3/c14-9-3-1-8(2-4-9)10(18)17-6-5-13(7-17)11(19)15-12(20)16-13/h1-4H,5-7H2,(H2,15,16,19,20). The Hall–Kier alpha value is -1.89. The first-order chi connectivity index (χ1) is 9.50. The molecule has 1 atom stereocenters. The van der Waals surface area contributed by atoms with E-state index in [0.29, 0.717) is 18.5 Å². The van der Waals surface area contributed by atoms with Crippen LogP contribution in [-0.4, -0.2) is 41.4 Å². The highest BCUT2D eigenvalue weighted by Crippen LogP contribution is 2.26. The number of amides is 4. The van der Waals surface area contributed by atoms with Crippen molar-refractivity contribution < 1.29 is 14.4 Å². The minimum Gasteiger partial charge on any atom is -0.336 e. The third-order valence-electron chi connectivity index (χ3n) is 3.66. The summed E-state index contributed by atoms with van der Waals surface area (Å²) in [5, 5.41) is 4.85. The second kappa shape index (κ2) is 4.59. The van der Waals surface area contributed by atoms with Crippen molar-refractivity contribution in [2.24, 2.45) is 0 Å². The predicted molar refractivity (Wildman–Crippen MR) is 74.1 cm³/mol. The molecule has 7 heteroatoms. The molecule has 2 aliphatic rings. The lowest BCUT2D eigenvalue weighted by molar-refractivity contribution is -0.123. The quantitative estimate of drug-likeness (QED) is 0.746. The third kappa shape index (κ3) is 2.07. The van der Waals surface area contributed by atoms with Crippen molar-refractivity contribution in [3.8, 4) is 0 Å². The van der Waals surface area contributed by atoms with E-state index in [4.69, 9.17) is 0 Å². The number of carbonyl (C=O) groups is 3. The summed E-state index contributed by atoms with van der Waals surface area (Å²) in [4.78, 5) is 37.0. The van der Waals surface area contributed by atoms with Crippen LogP contribution in [-0.2, 0) is 4.79 Å². The maximum absolute atomic E-state index is 12.4. The lowest BCUT2D eigenvalue weighted by atomic mass is 9.99. The summed E-state index contributed by atoms with van der Waals surface area (Å²) in [5.41, 5.74) is -0.391. The number of imide groups is 1. The molecule has 104 valence electrons. The Kier molecular flexibility index (Phi) is 3.01. The van der Waals surface area contributed by atoms with Crippen LogP contribution >= 0.6 is 15.9 Å². The van der Waals surface area contributed by atoms with E-state index in [1.807, 2.05) is 0 Å². The van der Waals surface area contributed by atoms with E-state index in [1.165, 1.54) is 0 Å². The molecule has 2 heterocycles. The SMILES string of the molecule is O=C1NC(=O)C2(CCN(C(=O)c3ccc(Br)cc3)C2)N1. The molecule has 2 aliphatic heterocycles. The molecular formula is C13H12BrN3O3. The van der Waals surface area contributed by atoms with Gasteiger partial charge in [0, 0.05) is 16.6 Å². The van der Waals surface area contributed by atoms with Crippen LogP contribution in [0.1, 0.15) is 16.8 Å². The van der Waals surface area contributed by atoms with Gasteiger partial charge in [-0.3, -0.25) is 14.9 Å². The Bertz CT molecular complexity index is 601. The zero-order valence-corrected chi connectivity index (χ0v) is 12.1. The van der Waals surface area contributed by atoms with Crippen LogP contribution in [0.3, 0.4) is 0 Å². The summed E-state index contributed by atoms with van der Waals surface area (Å²) < 4.78 is 0.898. The Morgan fingerprint density at radius 1 is 1.25 bits per heavy atom. The number of benzene rings is 1. The van der Waals surface area contributed by atoms with E-state index in [0.717, 1.165) is 4.47 Å². The van der Waals surface area contributed by atoms with Crippen LogP contribution in [0.25, 0.3) is 0 Å². The van der Waals surface area contributed by atoms with Crippen LogP contribution in [0.15, 0.2) is 28.7 Å². The smallest absolute Gasteiger partial charge is 0.322 e. The van der Waals surface area contributed by atoms with Gasteiger partial charge in [0.25, 0.3) is 11.8 Å². The zero-order valence-electron chi connectivity index (χ0n) is 10.5. The van der Waals surface area contributed by atoms with Gasteiger partial charge in [-0.05, 0) is 30.7 Å². The molecule has 0 bridgehead atoms. The number of urea groups is 1. The second-order valence-electron chi connectivity index (χ2n) is 4.97. The number of halogens is 1. The fourth-order valence-corrected chi connectivity index (χ4v) is 2.84. The topological polar surface area (TPSA) is 78.5 Å². The maximum atomic E-state index is 12.4. The molecular weight excluding hydrogens is 326 g/mol. The largest absolute Gasteiger partial charge is 0.336 e. The van der Waals surface area contributed by atoms with Gasteiger partial charge in [-0.2, -0.15) is 0 Å². The van der Waals surface area contributed by atoms with Crippen molar-refractivity contribution >= 4 is 33.8 Å². The average molecular weight is 338 g/mol. The highest BCUT2D eigenvalue weighted by atomic mass is 79.9. The molecule has 4 amide bonds. The van der Waals surface area contributed by atoms with E-state index in [1.54, 1.807) is 29.2 Å². The molecule has 0 aliphatic carbocycles. The van der Waals surface area contributed by atoms with Crippen LogP contribution in [0, 0.1) is 0 Å². The Morgan fingerprint density at radius 3 is 2.55 bits per heavy atom. The average Bonchev–Trinajstić information content (AvgIpc) is 2.95. The summed E-state index contributed by atoms with van der Waals surface area (Å²) in [7, 11) is 0. The number of nitrogens with zero attached hydrogens (tertiary/aromatic N) is 1. The van der Waals surface area contributed by atoms with Gasteiger partial charge in [0.15, 0.2) is 0 Å². The van der Waals surface area contributed by atoms with Gasteiger partial charge in [-0.25, -0.2) is 4.79 Å². The number of carbonyl (C=O) groups excluding carboxylic acids is 3. The fourth-order valence-electron chi connectivity index (χ4n) is 2.57. The molecule has 1 aromatic carbocycles. The summed E-state index contributed by atoms with van der Waals surface area (Å²) in [6.07, 6.45) is 0.437. The predicted octanol–water partition coefficient (Wildman–Crippen LogP) is 0.873. The van der Waals surface area contributed by atoms with E-state index in [2.05, 4.69) is 26.6 Å². The molecule has 0 saturated carbocycles. The molecule has 2 saturated heterocycles. The molecule has 1 unspecified atom stereocenters. The summed E-state index contributed by atoms with van der Waals surface area (Å²) in [6.45, 7) is 0.655. The minimum absolute atomic E-state index is 0.136. The van der Waals surface area contributed by atoms with Gasteiger partial charge in [0.1, 0.15) is 5.54 Å². The molecule has 2 N–H and O–H groups in total. The van der Waals surface area contributed by atoms with Crippen molar-refractivity contribution in [1.29, 1.82) is 0 Å². The maximum Gasteiger partial charge on any atom is 0.322 e. The van der Waals surface area contributed by atoms with E-state index in [-0.39, 0.29) is 18.4 Å². The molecule has 1 spiro atoms. The first kappa shape index (κ1) is 13.1. The summed E-state index contributed by atoms with van der Waals surface area (Å²) in [6, 6.07) is 6.55. The summed E-state index contributed by atoms with van der Waals surface area (Å²) in [5.74, 6) is -0.489. The molecule has 0 radical (unpaired) electrons. The first-order valence-corrected chi connectivity index (χ1v) is 6.98. The fraction of sp³-hybridized carbons (Fsp3) is 0.308. The minimum atomic E-state index is -0.956. The zero-order chi connectivity index (χ0) is 14.3. The normalized spacial score (nSPS) is 24.9. The van der Waals surface area contributed by atoms with Gasteiger partial charge in [0.2, 0.25) is 0 Å². The second-order valence-corrected chi connectivity index (χ2v) is 5.89. The lowest BCUT2D eigenvalue weighted by Gasteiger charge is -2.21. The monoisotopic (exact) mass is 337 g/mol. The van der Waals surface area contributed by atoms with Crippen LogP contribution in [0.5, 0.6) is 0 Å². The molecule has 20 heavy (non-hydrogen) atoms. The molecule has 1 aromatic rings. The van der Waals surface area contributed by atoms with Crippen LogP contribution in [0.4, 0.5) is 4.79 Å². The third-order valence-corrected chi connectivity index (χ3v) is 4.19. The molecule has 0 aromatic heterocycles. The summed E-state index contributed by atoms with van der Waals surface area (Å²) >= 11 is 3.32. The van der Waals surface area contributed by atoms with E-state index < -0.39 is 11.6 Å². The Balaban J connectivity index is 1.77. The van der Waals surface area contributed by atoms with Crippen LogP contribution in [0.2, 0.25) is 0 Å². The lowest BCUT2D eigenvalue weighted by Crippen LogP contribution is -2.49. The number of rotatable bonds is 1. The number of nitrogens with one attached hydrogen (secondary N) is 2. The Morgan fingerprint density at radius 2 is 1.95 bits per heavy atom. The number of likely N-dealkylation sites (tertiary alicyclic amines) is 1. The Labute approximate surface area is 123 Å². The van der Waals surface area contributed by atoms with Crippen molar-refractivity contribution in [1.82, 2.24) is 15.5 Å². The van der Waals surface area contributed by atoms with Gasteiger partial charge < -0.3 is 10.2 Å². The van der Waals surface area contributed by atoms with Gasteiger partial charge in [-0.1, -0.05) is 15.9 Å². The molecule has 2 fully saturated rings. The highest BCUT2D eigenvalue weighted by Gasteiger charge is 2.51. The highest BCUT2D eigenvalue weighted by molar-refractivity contribution is 9.10. The van der Waals surface area contributed by atoms with Crippen LogP contribution < -0.4 is 10.6 Å². The van der Waals surface area contributed by atoms with Crippen molar-refractivity contribution in [3.63, 3.8) is 0 Å². The van der Waals surface area contributed by atoms with Crippen molar-refractivity contribution in [3.05, 3.63) is 34.3 Å². The molecule has 6 nitrogen and oxygen atoms in total. The molecule has 3 rings (SSSR count). The number of hydrogen-bond acceptors (Lipinski definition) is 3. The van der Waals surface area contributed by atoms with Crippen molar-refractivity contribution in [2.75, 3.05) is 13.1 Å². The first-order valence-electron chi connectivity index (χ1n) is 6.19. The van der Waals surface area contributed by atoms with E-state index in [9.17, 15) is 14.4 Å².